The van der Waals surface area contributed by atoms with Crippen molar-refractivity contribution in [2.24, 2.45) is 0 Å². The number of aliphatic hydroxyl groups is 3. The Balaban J connectivity index is 1.55. The number of rotatable bonds is 4. The van der Waals surface area contributed by atoms with Crippen molar-refractivity contribution in [3.8, 4) is 16.8 Å². The molecule has 1 aliphatic carbocycles. The van der Waals surface area contributed by atoms with E-state index in [0.717, 1.165) is 34.2 Å². The zero-order valence-corrected chi connectivity index (χ0v) is 18.9. The van der Waals surface area contributed by atoms with Gasteiger partial charge in [0, 0.05) is 16.9 Å². The van der Waals surface area contributed by atoms with Crippen molar-refractivity contribution in [2.45, 2.75) is 35.3 Å². The van der Waals surface area contributed by atoms with Crippen LogP contribution in [-0.2, 0) is 11.2 Å². The second-order valence-electron chi connectivity index (χ2n) is 8.11. The number of thioether (sulfide) groups is 1. The van der Waals surface area contributed by atoms with E-state index in [1.165, 1.54) is 21.5 Å². The van der Waals surface area contributed by atoms with Gasteiger partial charge in [0.2, 0.25) is 0 Å². The number of thiophene rings is 1. The lowest BCUT2D eigenvalue weighted by atomic mass is 10.1. The third-order valence-corrected chi connectivity index (χ3v) is 8.33. The number of nitrogens with zero attached hydrogens (tertiary/aromatic N) is 2. The number of aliphatic hydroxyl groups excluding tert-OH is 3. The standard InChI is InChI=1S/C24H20N2O5S2/c27-11-15-19(28)20(29)23(31-15)33-24-25-21-18(22(30)26(24)13-7-2-1-3-8-13)17-14-9-5-4-6-12(14)10-16(17)32-21/h1-9,15,19-20,23,27-29H,10-11H2/t15-,19-,20-,23+/m1/s1. The molecule has 0 radical (unpaired) electrons. The maximum atomic E-state index is 13.9. The van der Waals surface area contributed by atoms with Crippen molar-refractivity contribution in [3.63, 3.8) is 0 Å². The van der Waals surface area contributed by atoms with Gasteiger partial charge in [0.05, 0.1) is 17.7 Å². The van der Waals surface area contributed by atoms with Crippen LogP contribution in [-0.4, -0.2) is 55.2 Å². The molecule has 4 atom stereocenters. The van der Waals surface area contributed by atoms with Gasteiger partial charge in [0.25, 0.3) is 5.56 Å². The molecule has 6 rings (SSSR count). The van der Waals surface area contributed by atoms with E-state index in [4.69, 9.17) is 9.72 Å². The first-order chi connectivity index (χ1) is 16.1. The van der Waals surface area contributed by atoms with E-state index in [0.29, 0.717) is 21.1 Å². The predicted octanol–water partition coefficient (Wildman–Crippen LogP) is 2.55. The van der Waals surface area contributed by atoms with Crippen LogP contribution in [0.1, 0.15) is 10.4 Å². The van der Waals surface area contributed by atoms with Gasteiger partial charge in [-0.25, -0.2) is 4.98 Å². The van der Waals surface area contributed by atoms with Crippen LogP contribution >= 0.6 is 23.1 Å². The highest BCUT2D eigenvalue weighted by molar-refractivity contribution is 7.99. The molecule has 168 valence electrons. The molecule has 2 aliphatic rings. The van der Waals surface area contributed by atoms with Crippen LogP contribution in [0.2, 0.25) is 0 Å². The number of hydrogen-bond donors (Lipinski definition) is 3. The molecule has 1 fully saturated rings. The minimum atomic E-state index is -1.22. The van der Waals surface area contributed by atoms with Gasteiger partial charge in [0.15, 0.2) is 5.16 Å². The van der Waals surface area contributed by atoms with E-state index in [-0.39, 0.29) is 5.56 Å². The van der Waals surface area contributed by atoms with Crippen LogP contribution in [0, 0.1) is 0 Å². The van der Waals surface area contributed by atoms with Crippen LogP contribution in [0.3, 0.4) is 0 Å². The van der Waals surface area contributed by atoms with E-state index >= 15 is 0 Å². The molecule has 1 aliphatic heterocycles. The Hall–Kier alpha value is -2.53. The second-order valence-corrected chi connectivity index (χ2v) is 10.3. The lowest BCUT2D eigenvalue weighted by Gasteiger charge is -2.17. The summed E-state index contributed by atoms with van der Waals surface area (Å²) in [7, 11) is 0. The second kappa shape index (κ2) is 8.05. The minimum Gasteiger partial charge on any atom is -0.394 e. The van der Waals surface area contributed by atoms with Gasteiger partial charge < -0.3 is 20.1 Å². The third-order valence-electron chi connectivity index (χ3n) is 6.14. The number of aromatic nitrogens is 2. The molecule has 0 unspecified atom stereocenters. The summed E-state index contributed by atoms with van der Waals surface area (Å²) in [6.45, 7) is -0.412. The molecule has 2 aromatic heterocycles. The Bertz CT molecular complexity index is 1420. The molecule has 9 heteroatoms. The molecule has 0 amide bonds. The summed E-state index contributed by atoms with van der Waals surface area (Å²) in [5, 5.41) is 31.0. The molecular weight excluding hydrogens is 460 g/mol. The Labute approximate surface area is 196 Å². The Morgan fingerprint density at radius 3 is 2.61 bits per heavy atom. The SMILES string of the molecule is O=c1c2c3c(sc2nc(S[C@@H]2O[C@H](CO)[C@@H](O)[C@H]2O)n1-c1ccccc1)Cc1ccccc1-3. The first kappa shape index (κ1) is 21.0. The van der Waals surface area contributed by atoms with E-state index in [9.17, 15) is 20.1 Å². The molecule has 0 bridgehead atoms. The predicted molar refractivity (Wildman–Crippen MR) is 127 cm³/mol. The topological polar surface area (TPSA) is 105 Å². The maximum absolute atomic E-state index is 13.9. The van der Waals surface area contributed by atoms with Gasteiger partial charge in [-0.2, -0.15) is 0 Å². The largest absolute Gasteiger partial charge is 0.394 e. The summed E-state index contributed by atoms with van der Waals surface area (Å²) in [5.74, 6) is 0. The van der Waals surface area contributed by atoms with Crippen molar-refractivity contribution in [1.29, 1.82) is 0 Å². The highest BCUT2D eigenvalue weighted by Gasteiger charge is 2.43. The molecule has 4 aromatic rings. The number of hydrogen-bond acceptors (Lipinski definition) is 8. The summed E-state index contributed by atoms with van der Waals surface area (Å²) >= 11 is 2.58. The Morgan fingerprint density at radius 1 is 1.09 bits per heavy atom. The summed E-state index contributed by atoms with van der Waals surface area (Å²) in [6.07, 6.45) is -2.55. The zero-order chi connectivity index (χ0) is 22.7. The third kappa shape index (κ3) is 3.27. The molecule has 3 N–H and O–H groups in total. The summed E-state index contributed by atoms with van der Waals surface area (Å²) in [5.41, 5.74) is 2.82. The molecule has 2 aromatic carbocycles. The summed E-state index contributed by atoms with van der Waals surface area (Å²) in [4.78, 5) is 20.5. The van der Waals surface area contributed by atoms with Gasteiger partial charge in [-0.3, -0.25) is 9.36 Å². The molecule has 33 heavy (non-hydrogen) atoms. The van der Waals surface area contributed by atoms with Gasteiger partial charge in [-0.15, -0.1) is 11.3 Å². The first-order valence-electron chi connectivity index (χ1n) is 10.6. The van der Waals surface area contributed by atoms with E-state index in [2.05, 4.69) is 6.07 Å². The highest BCUT2D eigenvalue weighted by Crippen LogP contribution is 2.45. The van der Waals surface area contributed by atoms with Gasteiger partial charge in [-0.1, -0.05) is 54.2 Å². The first-order valence-corrected chi connectivity index (χ1v) is 12.3. The van der Waals surface area contributed by atoms with Gasteiger partial charge in [0.1, 0.15) is 28.6 Å². The van der Waals surface area contributed by atoms with E-state index in [1.807, 2.05) is 48.5 Å². The van der Waals surface area contributed by atoms with Crippen LogP contribution in [0.15, 0.2) is 64.5 Å². The fourth-order valence-corrected chi connectivity index (χ4v) is 6.93. The van der Waals surface area contributed by atoms with Gasteiger partial charge in [-0.05, 0) is 23.3 Å². The number of fused-ring (bicyclic) bond motifs is 5. The van der Waals surface area contributed by atoms with Crippen molar-refractivity contribution >= 4 is 33.3 Å². The lowest BCUT2D eigenvalue weighted by molar-refractivity contribution is -0.00811. The summed E-state index contributed by atoms with van der Waals surface area (Å²) < 4.78 is 7.19. The molecule has 0 spiro atoms. The van der Waals surface area contributed by atoms with Crippen LogP contribution in [0.4, 0.5) is 0 Å². The van der Waals surface area contributed by atoms with E-state index in [1.54, 1.807) is 0 Å². The average Bonchev–Trinajstić information content (AvgIpc) is 3.45. The van der Waals surface area contributed by atoms with Crippen LogP contribution in [0.5, 0.6) is 0 Å². The van der Waals surface area contributed by atoms with Crippen molar-refractivity contribution < 1.29 is 20.1 Å². The molecule has 1 saturated heterocycles. The average molecular weight is 481 g/mol. The fraction of sp³-hybridized carbons (Fsp3) is 0.250. The molecule has 0 saturated carbocycles. The van der Waals surface area contributed by atoms with Crippen LogP contribution < -0.4 is 5.56 Å². The number of para-hydroxylation sites is 1. The summed E-state index contributed by atoms with van der Waals surface area (Å²) in [6, 6.07) is 17.3. The van der Waals surface area contributed by atoms with Crippen LogP contribution in [0.25, 0.3) is 27.0 Å². The minimum absolute atomic E-state index is 0.186. The lowest BCUT2D eigenvalue weighted by Crippen LogP contribution is -2.33. The fourth-order valence-electron chi connectivity index (χ4n) is 4.53. The number of ether oxygens (including phenoxy) is 1. The number of benzene rings is 2. The van der Waals surface area contributed by atoms with Crippen molar-refractivity contribution in [3.05, 3.63) is 75.4 Å². The Morgan fingerprint density at radius 2 is 1.85 bits per heavy atom. The van der Waals surface area contributed by atoms with E-state index < -0.39 is 30.4 Å². The zero-order valence-electron chi connectivity index (χ0n) is 17.3. The van der Waals surface area contributed by atoms with Gasteiger partial charge >= 0.3 is 0 Å². The molecular formula is C24H20N2O5S2. The molecule has 3 heterocycles. The maximum Gasteiger partial charge on any atom is 0.268 e. The highest BCUT2D eigenvalue weighted by atomic mass is 32.2. The smallest absolute Gasteiger partial charge is 0.268 e. The van der Waals surface area contributed by atoms with Crippen molar-refractivity contribution in [1.82, 2.24) is 9.55 Å². The Kier molecular flexibility index (Phi) is 5.13. The monoisotopic (exact) mass is 480 g/mol. The van der Waals surface area contributed by atoms with Crippen molar-refractivity contribution in [2.75, 3.05) is 6.61 Å². The quantitative estimate of drug-likeness (QED) is 0.340. The molecule has 7 nitrogen and oxygen atoms in total. The normalized spacial score (nSPS) is 23.7.